The molecule has 1 spiro atoms. The second-order valence-electron chi connectivity index (χ2n) is 8.27. The van der Waals surface area contributed by atoms with Crippen molar-refractivity contribution in [1.82, 2.24) is 14.9 Å². The quantitative estimate of drug-likeness (QED) is 0.825. The van der Waals surface area contributed by atoms with Gasteiger partial charge in [-0.3, -0.25) is 4.79 Å². The van der Waals surface area contributed by atoms with Crippen molar-refractivity contribution >= 4 is 11.7 Å². The van der Waals surface area contributed by atoms with Gasteiger partial charge < -0.3 is 9.80 Å². The van der Waals surface area contributed by atoms with Crippen molar-refractivity contribution in [3.05, 3.63) is 17.6 Å². The van der Waals surface area contributed by atoms with E-state index in [4.69, 9.17) is 4.98 Å². The molecule has 0 radical (unpaired) electrons. The Morgan fingerprint density at radius 3 is 2.88 bits per heavy atom. The SMILES string of the molecule is CCCc1cnc(C)nc1N1CCC2(CCCN(CC3CC3)C2=O)C1. The molecule has 2 saturated heterocycles. The summed E-state index contributed by atoms with van der Waals surface area (Å²) in [6.07, 6.45) is 9.85. The summed E-state index contributed by atoms with van der Waals surface area (Å²) in [5, 5.41) is 0. The van der Waals surface area contributed by atoms with Gasteiger partial charge in [0.1, 0.15) is 11.6 Å². The Labute approximate surface area is 150 Å². The van der Waals surface area contributed by atoms with Gasteiger partial charge in [0.2, 0.25) is 5.91 Å². The fraction of sp³-hybridized carbons (Fsp3) is 0.750. The lowest BCUT2D eigenvalue weighted by atomic mass is 9.78. The molecule has 5 heteroatoms. The van der Waals surface area contributed by atoms with Crippen LogP contribution in [0, 0.1) is 18.3 Å². The molecule has 2 aliphatic heterocycles. The molecule has 1 aliphatic carbocycles. The molecule has 1 atom stereocenters. The average molecular weight is 342 g/mol. The van der Waals surface area contributed by atoms with Crippen molar-refractivity contribution in [1.29, 1.82) is 0 Å². The first-order valence-electron chi connectivity index (χ1n) is 9.98. The summed E-state index contributed by atoms with van der Waals surface area (Å²) in [4.78, 5) is 26.9. The normalized spacial score (nSPS) is 26.7. The van der Waals surface area contributed by atoms with Gasteiger partial charge in [-0.25, -0.2) is 9.97 Å². The maximum Gasteiger partial charge on any atom is 0.230 e. The first-order chi connectivity index (χ1) is 12.1. The maximum atomic E-state index is 13.2. The van der Waals surface area contributed by atoms with E-state index >= 15 is 0 Å². The fourth-order valence-electron chi connectivity index (χ4n) is 4.57. The smallest absolute Gasteiger partial charge is 0.230 e. The Hall–Kier alpha value is -1.65. The van der Waals surface area contributed by atoms with Crippen LogP contribution in [-0.2, 0) is 11.2 Å². The third kappa shape index (κ3) is 3.25. The van der Waals surface area contributed by atoms with Gasteiger partial charge in [-0.05, 0) is 51.4 Å². The first kappa shape index (κ1) is 16.8. The highest BCUT2D eigenvalue weighted by atomic mass is 16.2. The second-order valence-corrected chi connectivity index (χ2v) is 8.27. The molecule has 5 nitrogen and oxygen atoms in total. The summed E-state index contributed by atoms with van der Waals surface area (Å²) >= 11 is 0. The molecule has 3 fully saturated rings. The van der Waals surface area contributed by atoms with Crippen LogP contribution in [0.4, 0.5) is 5.82 Å². The third-order valence-corrected chi connectivity index (χ3v) is 6.13. The van der Waals surface area contributed by atoms with Crippen molar-refractivity contribution in [3.8, 4) is 0 Å². The topological polar surface area (TPSA) is 49.3 Å². The van der Waals surface area contributed by atoms with Gasteiger partial charge in [0, 0.05) is 37.9 Å². The molecule has 1 aromatic heterocycles. The Kier molecular flexibility index (Phi) is 4.42. The van der Waals surface area contributed by atoms with Crippen LogP contribution in [0.15, 0.2) is 6.20 Å². The van der Waals surface area contributed by atoms with Gasteiger partial charge in [0.15, 0.2) is 0 Å². The van der Waals surface area contributed by atoms with E-state index in [2.05, 4.69) is 21.7 Å². The molecule has 1 amide bonds. The minimum absolute atomic E-state index is 0.171. The number of likely N-dealkylation sites (tertiary alicyclic amines) is 1. The van der Waals surface area contributed by atoms with Gasteiger partial charge in [-0.2, -0.15) is 0 Å². The van der Waals surface area contributed by atoms with E-state index in [1.54, 1.807) is 0 Å². The highest BCUT2D eigenvalue weighted by molar-refractivity contribution is 5.85. The zero-order chi connectivity index (χ0) is 17.4. The molecule has 3 aliphatic rings. The minimum Gasteiger partial charge on any atom is -0.355 e. The van der Waals surface area contributed by atoms with E-state index in [-0.39, 0.29) is 5.41 Å². The van der Waals surface area contributed by atoms with Gasteiger partial charge in [0.25, 0.3) is 0 Å². The zero-order valence-corrected chi connectivity index (χ0v) is 15.6. The van der Waals surface area contributed by atoms with E-state index in [1.807, 2.05) is 13.1 Å². The van der Waals surface area contributed by atoms with Crippen molar-refractivity contribution in [2.24, 2.45) is 11.3 Å². The molecule has 0 N–H and O–H groups in total. The number of nitrogens with zero attached hydrogens (tertiary/aromatic N) is 4. The standard InChI is InChI=1S/C20H30N4O/c1-3-5-17-12-21-15(2)22-18(17)24-11-9-20(14-24)8-4-10-23(19(20)25)13-16-6-7-16/h12,16H,3-11,13-14H2,1-2H3. The predicted octanol–water partition coefficient (Wildman–Crippen LogP) is 2.97. The monoisotopic (exact) mass is 342 g/mol. The Morgan fingerprint density at radius 1 is 1.28 bits per heavy atom. The van der Waals surface area contributed by atoms with Crippen molar-refractivity contribution in [2.75, 3.05) is 31.1 Å². The summed E-state index contributed by atoms with van der Waals surface area (Å²) in [5.41, 5.74) is 1.05. The van der Waals surface area contributed by atoms with Crippen molar-refractivity contribution in [2.45, 2.75) is 58.8 Å². The summed E-state index contributed by atoms with van der Waals surface area (Å²) in [6.45, 7) is 7.87. The lowest BCUT2D eigenvalue weighted by Crippen LogP contribution is -2.50. The van der Waals surface area contributed by atoms with E-state index in [1.165, 1.54) is 18.4 Å². The van der Waals surface area contributed by atoms with Crippen LogP contribution in [0.3, 0.4) is 0 Å². The number of amides is 1. The molecule has 136 valence electrons. The highest BCUT2D eigenvalue weighted by Crippen LogP contribution is 2.43. The minimum atomic E-state index is -0.171. The first-order valence-corrected chi connectivity index (χ1v) is 9.98. The number of anilines is 1. The maximum absolute atomic E-state index is 13.2. The summed E-state index contributed by atoms with van der Waals surface area (Å²) in [7, 11) is 0. The number of hydrogen-bond donors (Lipinski definition) is 0. The lowest BCUT2D eigenvalue weighted by molar-refractivity contribution is -0.145. The van der Waals surface area contributed by atoms with E-state index in [9.17, 15) is 4.79 Å². The molecule has 0 aromatic carbocycles. The molecule has 3 heterocycles. The van der Waals surface area contributed by atoms with Crippen molar-refractivity contribution < 1.29 is 4.79 Å². The average Bonchev–Trinajstić information content (AvgIpc) is 3.32. The van der Waals surface area contributed by atoms with Gasteiger partial charge in [0.05, 0.1) is 5.41 Å². The summed E-state index contributed by atoms with van der Waals surface area (Å²) < 4.78 is 0. The molecular formula is C20H30N4O. The van der Waals surface area contributed by atoms with Crippen LogP contribution in [0.1, 0.15) is 56.8 Å². The number of carbonyl (C=O) groups is 1. The molecule has 1 unspecified atom stereocenters. The number of carbonyl (C=O) groups excluding carboxylic acids is 1. The van der Waals surface area contributed by atoms with Crippen molar-refractivity contribution in [3.63, 3.8) is 0 Å². The molecule has 4 rings (SSSR count). The Bertz CT molecular complexity index is 657. The van der Waals surface area contributed by atoms with Crippen LogP contribution in [-0.4, -0.2) is 47.0 Å². The molecular weight excluding hydrogens is 312 g/mol. The summed E-state index contributed by atoms with van der Waals surface area (Å²) in [6, 6.07) is 0. The number of piperidine rings is 1. The lowest BCUT2D eigenvalue weighted by Gasteiger charge is -2.39. The van der Waals surface area contributed by atoms with Gasteiger partial charge in [-0.1, -0.05) is 13.3 Å². The second kappa shape index (κ2) is 6.58. The number of aromatic nitrogens is 2. The molecule has 0 bridgehead atoms. The number of aryl methyl sites for hydroxylation is 2. The van der Waals surface area contributed by atoms with E-state index < -0.39 is 0 Å². The van der Waals surface area contributed by atoms with Crippen LogP contribution < -0.4 is 4.90 Å². The third-order valence-electron chi connectivity index (χ3n) is 6.13. The highest BCUT2D eigenvalue weighted by Gasteiger charge is 2.49. The van der Waals surface area contributed by atoms with Crippen LogP contribution in [0.2, 0.25) is 0 Å². The van der Waals surface area contributed by atoms with Crippen LogP contribution in [0.5, 0.6) is 0 Å². The van der Waals surface area contributed by atoms with Crippen LogP contribution >= 0.6 is 0 Å². The Balaban J connectivity index is 1.54. The Morgan fingerprint density at radius 2 is 2.12 bits per heavy atom. The van der Waals surface area contributed by atoms with Gasteiger partial charge in [-0.15, -0.1) is 0 Å². The zero-order valence-electron chi connectivity index (χ0n) is 15.6. The summed E-state index contributed by atoms with van der Waals surface area (Å²) in [5.74, 6) is 3.08. The number of hydrogen-bond acceptors (Lipinski definition) is 4. The van der Waals surface area contributed by atoms with E-state index in [0.717, 1.165) is 75.8 Å². The predicted molar refractivity (Wildman–Crippen MR) is 98.6 cm³/mol. The fourth-order valence-corrected chi connectivity index (χ4v) is 4.57. The molecule has 1 saturated carbocycles. The van der Waals surface area contributed by atoms with Crippen LogP contribution in [0.25, 0.3) is 0 Å². The molecule has 25 heavy (non-hydrogen) atoms. The largest absolute Gasteiger partial charge is 0.355 e. The van der Waals surface area contributed by atoms with Gasteiger partial charge >= 0.3 is 0 Å². The molecule has 1 aromatic rings. The van der Waals surface area contributed by atoms with E-state index in [0.29, 0.717) is 5.91 Å². The number of rotatable bonds is 5.